The summed E-state index contributed by atoms with van der Waals surface area (Å²) in [7, 11) is 1.84. The van der Waals surface area contributed by atoms with Crippen molar-refractivity contribution in [3.05, 3.63) is 41.5 Å². The quantitative estimate of drug-likeness (QED) is 0.609. The van der Waals surface area contributed by atoms with E-state index in [-0.39, 0.29) is 5.78 Å². The highest BCUT2D eigenvalue weighted by Crippen LogP contribution is 2.10. The maximum absolute atomic E-state index is 12.0. The Balaban J connectivity index is 2.20. The van der Waals surface area contributed by atoms with Crippen molar-refractivity contribution in [3.8, 4) is 0 Å². The topological polar surface area (TPSA) is 52.7 Å². The molecule has 5 nitrogen and oxygen atoms in total. The van der Waals surface area contributed by atoms with Gasteiger partial charge in [0.2, 0.25) is 0 Å². The Kier molecular flexibility index (Phi) is 3.41. The zero-order valence-corrected chi connectivity index (χ0v) is 10.8. The molecule has 0 amide bonds. The average Bonchev–Trinajstić information content (AvgIpc) is 2.92. The van der Waals surface area contributed by atoms with Crippen LogP contribution in [0.5, 0.6) is 0 Å². The highest BCUT2D eigenvalue weighted by atomic mass is 16.1. The van der Waals surface area contributed by atoms with Crippen LogP contribution in [0.2, 0.25) is 0 Å². The molecule has 0 radical (unpaired) electrons. The molecule has 5 heteroatoms. The molecule has 0 saturated heterocycles. The molecule has 94 valence electrons. The Morgan fingerprint density at radius 1 is 1.44 bits per heavy atom. The number of aryl methyl sites for hydroxylation is 2. The van der Waals surface area contributed by atoms with Gasteiger partial charge in [-0.25, -0.2) is 0 Å². The van der Waals surface area contributed by atoms with E-state index in [2.05, 4.69) is 10.2 Å². The van der Waals surface area contributed by atoms with E-state index in [0.717, 1.165) is 17.9 Å². The van der Waals surface area contributed by atoms with E-state index in [1.54, 1.807) is 29.2 Å². The first kappa shape index (κ1) is 12.3. The summed E-state index contributed by atoms with van der Waals surface area (Å²) in [5.41, 5.74) is 2.44. The standard InChI is InChI=1S/C13H16N4O/c1-4-17-10(2)12(9-15-17)13(18)6-5-11-7-8-14-16(11)3/h5-9H,4H2,1-3H3/b6-5+. The number of nitrogens with zero attached hydrogens (tertiary/aromatic N) is 4. The third-order valence-corrected chi connectivity index (χ3v) is 2.93. The van der Waals surface area contributed by atoms with Crippen LogP contribution in [-0.4, -0.2) is 25.3 Å². The molecule has 2 aromatic heterocycles. The van der Waals surface area contributed by atoms with Gasteiger partial charge in [0, 0.05) is 25.5 Å². The number of allylic oxidation sites excluding steroid dienone is 1. The van der Waals surface area contributed by atoms with E-state index >= 15 is 0 Å². The smallest absolute Gasteiger partial charge is 0.189 e. The Morgan fingerprint density at radius 2 is 2.22 bits per heavy atom. The highest BCUT2D eigenvalue weighted by Gasteiger charge is 2.10. The Morgan fingerprint density at radius 3 is 2.78 bits per heavy atom. The average molecular weight is 244 g/mol. The third kappa shape index (κ3) is 2.25. The van der Waals surface area contributed by atoms with Crippen molar-refractivity contribution < 1.29 is 4.79 Å². The number of carbonyl (C=O) groups is 1. The van der Waals surface area contributed by atoms with E-state index in [4.69, 9.17) is 0 Å². The molecule has 0 fully saturated rings. The molecular weight excluding hydrogens is 228 g/mol. The van der Waals surface area contributed by atoms with Gasteiger partial charge in [-0.15, -0.1) is 0 Å². The van der Waals surface area contributed by atoms with Crippen molar-refractivity contribution in [1.29, 1.82) is 0 Å². The van der Waals surface area contributed by atoms with Crippen LogP contribution in [-0.2, 0) is 13.6 Å². The molecule has 2 rings (SSSR count). The Hall–Kier alpha value is -2.17. The zero-order chi connectivity index (χ0) is 13.1. The minimum absolute atomic E-state index is 0.0339. The summed E-state index contributed by atoms with van der Waals surface area (Å²) < 4.78 is 3.53. The summed E-state index contributed by atoms with van der Waals surface area (Å²) in [5.74, 6) is -0.0339. The largest absolute Gasteiger partial charge is 0.289 e. The fraction of sp³-hybridized carbons (Fsp3) is 0.308. The molecule has 0 atom stereocenters. The van der Waals surface area contributed by atoms with Gasteiger partial charge in [0.05, 0.1) is 17.5 Å². The van der Waals surface area contributed by atoms with Crippen LogP contribution in [0, 0.1) is 6.92 Å². The molecule has 0 aliphatic rings. The van der Waals surface area contributed by atoms with Gasteiger partial charge < -0.3 is 0 Å². The molecule has 0 aromatic carbocycles. The summed E-state index contributed by atoms with van der Waals surface area (Å²) in [6, 6.07) is 1.85. The normalized spacial score (nSPS) is 11.3. The van der Waals surface area contributed by atoms with Crippen molar-refractivity contribution in [2.24, 2.45) is 7.05 Å². The first-order valence-electron chi connectivity index (χ1n) is 5.86. The second-order valence-corrected chi connectivity index (χ2v) is 4.04. The highest BCUT2D eigenvalue weighted by molar-refractivity contribution is 6.07. The van der Waals surface area contributed by atoms with Crippen molar-refractivity contribution >= 4 is 11.9 Å². The molecule has 2 heterocycles. The van der Waals surface area contributed by atoms with Crippen LogP contribution in [0.3, 0.4) is 0 Å². The molecule has 0 saturated carbocycles. The second-order valence-electron chi connectivity index (χ2n) is 4.04. The van der Waals surface area contributed by atoms with E-state index in [9.17, 15) is 4.79 Å². The Bertz CT molecular complexity index is 592. The summed E-state index contributed by atoms with van der Waals surface area (Å²) in [6.07, 6.45) is 6.64. The van der Waals surface area contributed by atoms with Gasteiger partial charge in [-0.3, -0.25) is 14.2 Å². The lowest BCUT2D eigenvalue weighted by molar-refractivity contribution is 0.104. The van der Waals surface area contributed by atoms with Gasteiger partial charge >= 0.3 is 0 Å². The minimum Gasteiger partial charge on any atom is -0.289 e. The molecule has 0 N–H and O–H groups in total. The summed E-state index contributed by atoms with van der Waals surface area (Å²) >= 11 is 0. The molecule has 18 heavy (non-hydrogen) atoms. The van der Waals surface area contributed by atoms with Gasteiger partial charge in [0.25, 0.3) is 0 Å². The number of rotatable bonds is 4. The predicted octanol–water partition coefficient (Wildman–Crippen LogP) is 1.84. The molecule has 0 aliphatic heterocycles. The number of carbonyl (C=O) groups excluding carboxylic acids is 1. The van der Waals surface area contributed by atoms with E-state index in [1.165, 1.54) is 0 Å². The van der Waals surface area contributed by atoms with Crippen molar-refractivity contribution in [2.45, 2.75) is 20.4 Å². The SMILES string of the molecule is CCn1ncc(C(=O)/C=C/c2ccnn2C)c1C. The number of hydrogen-bond donors (Lipinski definition) is 0. The predicted molar refractivity (Wildman–Crippen MR) is 69.2 cm³/mol. The fourth-order valence-corrected chi connectivity index (χ4v) is 1.81. The van der Waals surface area contributed by atoms with Crippen LogP contribution in [0.15, 0.2) is 24.5 Å². The molecular formula is C13H16N4O. The molecule has 0 unspecified atom stereocenters. The van der Waals surface area contributed by atoms with E-state index in [1.807, 2.05) is 31.6 Å². The first-order chi connectivity index (χ1) is 8.63. The molecule has 2 aromatic rings. The lowest BCUT2D eigenvalue weighted by Crippen LogP contribution is -2.02. The van der Waals surface area contributed by atoms with Crippen molar-refractivity contribution in [1.82, 2.24) is 19.6 Å². The van der Waals surface area contributed by atoms with E-state index in [0.29, 0.717) is 5.56 Å². The fourth-order valence-electron chi connectivity index (χ4n) is 1.81. The third-order valence-electron chi connectivity index (χ3n) is 2.93. The minimum atomic E-state index is -0.0339. The maximum atomic E-state index is 12.0. The monoisotopic (exact) mass is 244 g/mol. The van der Waals surface area contributed by atoms with Crippen LogP contribution in [0.4, 0.5) is 0 Å². The van der Waals surface area contributed by atoms with Crippen LogP contribution < -0.4 is 0 Å². The lowest BCUT2D eigenvalue weighted by Gasteiger charge is -1.99. The van der Waals surface area contributed by atoms with Crippen LogP contribution in [0.1, 0.15) is 28.7 Å². The van der Waals surface area contributed by atoms with Gasteiger partial charge in [0.1, 0.15) is 0 Å². The maximum Gasteiger partial charge on any atom is 0.189 e. The summed E-state index contributed by atoms with van der Waals surface area (Å²) in [6.45, 7) is 4.67. The molecule has 0 spiro atoms. The van der Waals surface area contributed by atoms with Gasteiger partial charge in [0.15, 0.2) is 5.78 Å². The number of hydrogen-bond acceptors (Lipinski definition) is 3. The second kappa shape index (κ2) is 5.00. The van der Waals surface area contributed by atoms with Crippen molar-refractivity contribution in [3.63, 3.8) is 0 Å². The molecule has 0 aliphatic carbocycles. The van der Waals surface area contributed by atoms with Gasteiger partial charge in [-0.05, 0) is 32.1 Å². The summed E-state index contributed by atoms with van der Waals surface area (Å²) in [5, 5.41) is 8.20. The summed E-state index contributed by atoms with van der Waals surface area (Å²) in [4.78, 5) is 12.0. The number of ketones is 1. The number of aromatic nitrogens is 4. The zero-order valence-electron chi connectivity index (χ0n) is 10.8. The van der Waals surface area contributed by atoms with Crippen LogP contribution in [0.25, 0.3) is 6.08 Å². The lowest BCUT2D eigenvalue weighted by atomic mass is 10.1. The van der Waals surface area contributed by atoms with Crippen LogP contribution >= 0.6 is 0 Å². The van der Waals surface area contributed by atoms with Gasteiger partial charge in [-0.2, -0.15) is 10.2 Å². The van der Waals surface area contributed by atoms with E-state index < -0.39 is 0 Å². The van der Waals surface area contributed by atoms with Crippen molar-refractivity contribution in [2.75, 3.05) is 0 Å². The van der Waals surface area contributed by atoms with Gasteiger partial charge in [-0.1, -0.05) is 0 Å². The Labute approximate surface area is 106 Å². The molecule has 0 bridgehead atoms. The first-order valence-corrected chi connectivity index (χ1v) is 5.86.